The number of ketones is 2. The van der Waals surface area contributed by atoms with Crippen LogP contribution in [0.1, 0.15) is 97.5 Å². The molecule has 13 rings (SSSR count). The Hall–Kier alpha value is -9.12. The van der Waals surface area contributed by atoms with Crippen LogP contribution in [0.4, 0.5) is 32.9 Å². The maximum absolute atomic E-state index is 14.5. The Balaban J connectivity index is 0.000000140. The monoisotopic (exact) mass is 1350 g/mol. The van der Waals surface area contributed by atoms with E-state index in [1.807, 2.05) is 43.3 Å². The molecule has 0 bridgehead atoms. The molecule has 5 aromatic heterocycles. The van der Waals surface area contributed by atoms with Crippen molar-refractivity contribution in [3.63, 3.8) is 0 Å². The molecule has 19 nitrogen and oxygen atoms in total. The Morgan fingerprint density at radius 2 is 1.51 bits per heavy atom. The number of fused-ring (bicyclic) bond motifs is 3. The number of Topliss-reactive ketones (excluding diaryl/α,β-unsaturated/α-hetero) is 2. The SMILES string of the molecule is CC1=C(C(=O)Cc2cc3cn[nH]c3cc2F)C(c2ccc(C(F)(F)F)cc2)CC(=O)C1.C[C@H]1CCCCCN1S(=O)(=O)c1cccc2cncc(F)c12.O=C(NCc1ccccc1)c1csc(Nc2ccncn2)n1.O=S(=O)(c1cccc2cnccc12)N1CCCNCC1. The molecule has 0 spiro atoms. The number of carbonyl (C=O) groups is 3. The summed E-state index contributed by atoms with van der Waals surface area (Å²) in [6.07, 6.45) is 10.5. The molecule has 494 valence electrons. The second-order valence-corrected chi connectivity index (χ2v) is 27.5. The quantitative estimate of drug-likeness (QED) is 0.0783. The summed E-state index contributed by atoms with van der Waals surface area (Å²) in [5.74, 6) is -1.81. The number of rotatable bonds is 13. The number of amides is 1. The molecule has 27 heteroatoms. The third kappa shape index (κ3) is 17.1. The maximum atomic E-state index is 14.5. The van der Waals surface area contributed by atoms with Crippen LogP contribution in [-0.4, -0.2) is 117 Å². The molecule has 7 heterocycles. The van der Waals surface area contributed by atoms with Gasteiger partial charge in [0.05, 0.1) is 33.3 Å². The van der Waals surface area contributed by atoms with Crippen molar-refractivity contribution in [2.24, 2.45) is 0 Å². The number of allylic oxidation sites excluding steroid dienone is 2. The zero-order valence-electron chi connectivity index (χ0n) is 51.7. The van der Waals surface area contributed by atoms with Crippen LogP contribution in [0.15, 0.2) is 185 Å². The van der Waals surface area contributed by atoms with Gasteiger partial charge in [0.1, 0.15) is 29.4 Å². The van der Waals surface area contributed by atoms with Gasteiger partial charge in [-0.05, 0) is 105 Å². The maximum Gasteiger partial charge on any atom is 0.416 e. The number of hydrogen-bond acceptors (Lipinski definition) is 16. The number of alkyl halides is 3. The number of halogens is 5. The Bertz CT molecular complexity index is 4600. The second kappa shape index (κ2) is 31.0. The molecule has 1 amide bonds. The third-order valence-electron chi connectivity index (χ3n) is 16.3. The fourth-order valence-electron chi connectivity index (χ4n) is 11.5. The standard InChI is InChI=1S/C23H18F4N2O2.C16H19FN2O2S.C15H13N5OS.C14H17N3O2S/c1-12-6-17(30)9-18(13-2-4-16(5-3-13)23(25,26)27)22(12)21(31)8-14-7-15-11-28-29-20(15)10-19(14)24;1-12-6-3-2-4-9-19(12)22(20,21)15-8-5-7-13-10-18-11-14(17)16(13)15;21-14(17-8-11-4-2-1-3-5-11)12-9-22-15(19-12)20-13-6-7-16-10-18-13;18-20(19,17-9-2-6-15-8-10-17)14-4-1-3-12-11-16-7-5-13(12)14/h2-5,7,10-11,18H,6,8-9H2,1H3,(H,28,29);5,7-8,10-12H,2-4,6,9H2,1H3;1-7,9-10H,8H2,(H,17,21)(H,16,18,19,20);1,3-5,7,11,15H,2,6,8-10H2/t;12-;;/m.0../s1. The second-order valence-electron chi connectivity index (χ2n) is 22.9. The predicted molar refractivity (Wildman–Crippen MR) is 352 cm³/mol. The fraction of sp³-hybridized carbons (Fsp3) is 0.279. The number of hydrogen-bond donors (Lipinski definition) is 4. The van der Waals surface area contributed by atoms with Crippen molar-refractivity contribution in [2.75, 3.05) is 38.0 Å². The largest absolute Gasteiger partial charge is 0.416 e. The lowest BCUT2D eigenvalue weighted by Crippen LogP contribution is -2.38. The molecular formula is C68H67F5N12O7S3. The van der Waals surface area contributed by atoms with E-state index in [1.165, 1.54) is 58.6 Å². The lowest BCUT2D eigenvalue weighted by atomic mass is 9.76. The highest BCUT2D eigenvalue weighted by Crippen LogP contribution is 2.39. The average Bonchev–Trinajstić information content (AvgIpc) is 1.68. The molecular weight excluding hydrogens is 1290 g/mol. The van der Waals surface area contributed by atoms with Crippen LogP contribution in [0.3, 0.4) is 0 Å². The number of H-pyrrole nitrogens is 1. The van der Waals surface area contributed by atoms with Gasteiger partial charge in [-0.25, -0.2) is 40.6 Å². The minimum absolute atomic E-state index is 0.0209. The van der Waals surface area contributed by atoms with Gasteiger partial charge in [0.15, 0.2) is 16.7 Å². The highest BCUT2D eigenvalue weighted by Gasteiger charge is 2.35. The summed E-state index contributed by atoms with van der Waals surface area (Å²) in [7, 11) is -7.16. The normalized spacial score (nSPS) is 16.7. The van der Waals surface area contributed by atoms with Crippen LogP contribution in [0.25, 0.3) is 32.4 Å². The molecule has 3 aliphatic rings. The smallest absolute Gasteiger partial charge is 0.347 e. The van der Waals surface area contributed by atoms with Crippen LogP contribution in [-0.2, 0) is 48.8 Å². The lowest BCUT2D eigenvalue weighted by Gasteiger charge is -2.27. The minimum Gasteiger partial charge on any atom is -0.347 e. The minimum atomic E-state index is -4.48. The van der Waals surface area contributed by atoms with Crippen molar-refractivity contribution in [3.8, 4) is 0 Å². The molecule has 0 radical (unpaired) electrons. The molecule has 5 aromatic carbocycles. The number of aromatic amines is 1. The van der Waals surface area contributed by atoms with E-state index in [2.05, 4.69) is 51.1 Å². The fourth-order valence-corrected chi connectivity index (χ4v) is 15.8. The number of thiazole rings is 1. The van der Waals surface area contributed by atoms with E-state index in [4.69, 9.17) is 0 Å². The van der Waals surface area contributed by atoms with Gasteiger partial charge < -0.3 is 16.0 Å². The molecule has 1 aliphatic carbocycles. The summed E-state index contributed by atoms with van der Waals surface area (Å²) in [5, 5.41) is 20.8. The van der Waals surface area contributed by atoms with Gasteiger partial charge in [0, 0.05) is 127 Å². The van der Waals surface area contributed by atoms with Crippen molar-refractivity contribution in [1.29, 1.82) is 0 Å². The van der Waals surface area contributed by atoms with E-state index >= 15 is 0 Å². The summed E-state index contributed by atoms with van der Waals surface area (Å²) < 4.78 is 122. The van der Waals surface area contributed by atoms with E-state index in [-0.39, 0.29) is 58.6 Å². The van der Waals surface area contributed by atoms with E-state index in [0.29, 0.717) is 87.3 Å². The van der Waals surface area contributed by atoms with Crippen molar-refractivity contribution in [2.45, 2.75) is 99.7 Å². The third-order valence-corrected chi connectivity index (χ3v) is 21.1. The van der Waals surface area contributed by atoms with Gasteiger partial charge in [0.25, 0.3) is 5.91 Å². The highest BCUT2D eigenvalue weighted by molar-refractivity contribution is 7.89. The molecule has 0 saturated carbocycles. The first-order chi connectivity index (χ1) is 45.6. The van der Waals surface area contributed by atoms with Crippen molar-refractivity contribution >= 4 is 92.3 Å². The number of aromatic nitrogens is 7. The molecule has 2 saturated heterocycles. The Morgan fingerprint density at radius 3 is 2.27 bits per heavy atom. The van der Waals surface area contributed by atoms with Gasteiger partial charge in [-0.2, -0.15) is 26.9 Å². The molecule has 2 atom stereocenters. The van der Waals surface area contributed by atoms with Gasteiger partial charge in [0.2, 0.25) is 20.0 Å². The van der Waals surface area contributed by atoms with E-state index in [0.717, 1.165) is 73.3 Å². The van der Waals surface area contributed by atoms with Gasteiger partial charge in [-0.1, -0.05) is 85.1 Å². The Morgan fingerprint density at radius 1 is 0.747 bits per heavy atom. The number of anilines is 2. The van der Waals surface area contributed by atoms with Crippen molar-refractivity contribution in [1.82, 2.24) is 54.4 Å². The van der Waals surface area contributed by atoms with Gasteiger partial charge >= 0.3 is 6.18 Å². The van der Waals surface area contributed by atoms with Crippen molar-refractivity contribution in [3.05, 3.63) is 215 Å². The molecule has 2 aliphatic heterocycles. The first kappa shape index (κ1) is 68.7. The Labute approximate surface area is 549 Å². The summed E-state index contributed by atoms with van der Waals surface area (Å²) in [6, 6.07) is 30.6. The number of pyridine rings is 2. The molecule has 1 unspecified atom stereocenters. The number of nitrogens with zero attached hydrogens (tertiary/aromatic N) is 8. The number of benzene rings is 5. The van der Waals surface area contributed by atoms with Crippen LogP contribution in [0, 0.1) is 11.6 Å². The van der Waals surface area contributed by atoms with E-state index in [1.54, 1.807) is 77.7 Å². The number of sulfonamides is 2. The molecule has 2 fully saturated rings. The summed E-state index contributed by atoms with van der Waals surface area (Å²) in [5.41, 5.74) is 2.72. The lowest BCUT2D eigenvalue weighted by molar-refractivity contribution is -0.137. The van der Waals surface area contributed by atoms with Crippen LogP contribution in [0.2, 0.25) is 0 Å². The highest BCUT2D eigenvalue weighted by atomic mass is 32.2. The zero-order valence-corrected chi connectivity index (χ0v) is 54.1. The first-order valence-corrected chi connectivity index (χ1v) is 34.3. The van der Waals surface area contributed by atoms with Crippen LogP contribution < -0.4 is 16.0 Å². The predicted octanol–water partition coefficient (Wildman–Crippen LogP) is 12.4. The van der Waals surface area contributed by atoms with Gasteiger partial charge in [-0.15, -0.1) is 11.3 Å². The van der Waals surface area contributed by atoms with Crippen molar-refractivity contribution < 1.29 is 53.2 Å². The zero-order chi connectivity index (χ0) is 67.3. The number of carbonyl (C=O) groups excluding carboxylic acids is 3. The van der Waals surface area contributed by atoms with E-state index < -0.39 is 49.3 Å². The molecule has 4 N–H and O–H groups in total. The average molecular weight is 1360 g/mol. The summed E-state index contributed by atoms with van der Waals surface area (Å²) in [4.78, 5) is 57.8. The van der Waals surface area contributed by atoms with E-state index in [9.17, 15) is 53.2 Å². The molecule has 10 aromatic rings. The topological polar surface area (TPSA) is 255 Å². The Kier molecular flexibility index (Phi) is 22.4. The summed E-state index contributed by atoms with van der Waals surface area (Å²) >= 11 is 1.35. The van der Waals surface area contributed by atoms with Crippen LogP contribution in [0.5, 0.6) is 0 Å². The van der Waals surface area contributed by atoms with Gasteiger partial charge in [-0.3, -0.25) is 29.5 Å². The number of nitrogens with one attached hydrogen (secondary N) is 4. The van der Waals surface area contributed by atoms with Crippen LogP contribution >= 0.6 is 11.3 Å². The summed E-state index contributed by atoms with van der Waals surface area (Å²) in [6.45, 7) is 7.21. The first-order valence-electron chi connectivity index (χ1n) is 30.6. The molecule has 95 heavy (non-hydrogen) atoms.